The lowest BCUT2D eigenvalue weighted by Gasteiger charge is -2.34. The number of carbonyl (C=O) groups is 6. The summed E-state index contributed by atoms with van der Waals surface area (Å²) in [5.41, 5.74) is -7.38. The molecule has 0 aliphatic carbocycles. The maximum absolute atomic E-state index is 12.4. The second kappa shape index (κ2) is 28.4. The van der Waals surface area contributed by atoms with Crippen molar-refractivity contribution in [3.63, 3.8) is 0 Å². The number of alkyl halides is 3. The number of halogens is 3. The lowest BCUT2D eigenvalue weighted by molar-refractivity contribution is -0.0500. The minimum Gasteiger partial charge on any atom is -0.461 e. The molecule has 2 aliphatic heterocycles. The van der Waals surface area contributed by atoms with Crippen LogP contribution in [0.4, 0.5) is 22.8 Å². The molecule has 0 bridgehead atoms. The minimum absolute atomic E-state index is 0.00711. The third kappa shape index (κ3) is 21.7. The molecule has 2 aromatic rings. The Morgan fingerprint density at radius 1 is 0.583 bits per heavy atom. The topological polar surface area (TPSA) is 240 Å². The lowest BCUT2D eigenvalue weighted by atomic mass is 10.2. The number of piperazine rings is 2. The molecule has 4 heterocycles. The van der Waals surface area contributed by atoms with Crippen molar-refractivity contribution < 1.29 is 83.0 Å². The van der Waals surface area contributed by atoms with Crippen molar-refractivity contribution in [2.75, 3.05) is 91.9 Å². The van der Waals surface area contributed by atoms with E-state index < -0.39 is 67.8 Å². The van der Waals surface area contributed by atoms with Crippen LogP contribution in [0.1, 0.15) is 117 Å². The number of aromatic nitrogens is 2. The summed E-state index contributed by atoms with van der Waals surface area (Å²) in [5, 5.41) is 0. The summed E-state index contributed by atoms with van der Waals surface area (Å²) in [6, 6.07) is 4.19. The molecule has 72 heavy (non-hydrogen) atoms. The second-order valence-electron chi connectivity index (χ2n) is 17.1. The molecule has 25 heteroatoms. The number of hydrogen-bond donors (Lipinski definition) is 0. The van der Waals surface area contributed by atoms with Crippen LogP contribution in [0.3, 0.4) is 0 Å². The maximum Gasteiger partial charge on any atom is 0.534 e. The molecule has 0 spiro atoms. The van der Waals surface area contributed by atoms with Gasteiger partial charge in [0, 0.05) is 70.1 Å². The SMILES string of the molecule is C#CCN1CCN(C(=O)OC(C)(C)C)CC1.CCOC(=O)c1cc(C#CCN2CCN(C(=O)OC(C)(C)C)CC2)cc(C(=O)OCC)n1.CCOC(=O)c1cc(OS(=O)(=O)C(F)(F)F)cc(C(=O)OCC)n1. The fourth-order valence-corrected chi connectivity index (χ4v) is 6.23. The predicted molar refractivity (Wildman–Crippen MR) is 252 cm³/mol. The summed E-state index contributed by atoms with van der Waals surface area (Å²) >= 11 is 0. The Labute approximate surface area is 418 Å². The fourth-order valence-electron chi connectivity index (χ4n) is 5.78. The highest BCUT2D eigenvalue weighted by atomic mass is 32.2. The van der Waals surface area contributed by atoms with Crippen molar-refractivity contribution in [2.24, 2.45) is 0 Å². The molecule has 0 radical (unpaired) electrons. The summed E-state index contributed by atoms with van der Waals surface area (Å²) in [7, 11) is -5.99. The van der Waals surface area contributed by atoms with E-state index in [-0.39, 0.29) is 50.0 Å². The number of nitrogens with zero attached hydrogens (tertiary/aromatic N) is 6. The number of terminal acetylenes is 1. The van der Waals surface area contributed by atoms with Gasteiger partial charge in [-0.3, -0.25) is 9.80 Å². The van der Waals surface area contributed by atoms with Gasteiger partial charge in [0.05, 0.1) is 39.5 Å². The van der Waals surface area contributed by atoms with Crippen LogP contribution in [0.15, 0.2) is 24.3 Å². The van der Waals surface area contributed by atoms with E-state index in [9.17, 15) is 50.4 Å². The van der Waals surface area contributed by atoms with E-state index in [1.165, 1.54) is 26.0 Å². The van der Waals surface area contributed by atoms with Gasteiger partial charge in [-0.1, -0.05) is 17.8 Å². The number of rotatable bonds is 12. The molecule has 2 amide bonds. The molecule has 0 saturated carbocycles. The van der Waals surface area contributed by atoms with Gasteiger partial charge in [-0.2, -0.15) is 21.6 Å². The lowest BCUT2D eigenvalue weighted by Crippen LogP contribution is -2.50. The Hall–Kier alpha value is -6.70. The molecule has 398 valence electrons. The average molecular weight is 1040 g/mol. The third-order valence-corrected chi connectivity index (χ3v) is 9.93. The maximum atomic E-state index is 12.4. The summed E-state index contributed by atoms with van der Waals surface area (Å²) in [6.07, 6.45) is 4.70. The van der Waals surface area contributed by atoms with Gasteiger partial charge in [0.1, 0.15) is 17.0 Å². The monoisotopic (exact) mass is 1040 g/mol. The molecular formula is C47H63F3N6O15S. The molecular weight excluding hydrogens is 978 g/mol. The third-order valence-electron chi connectivity index (χ3n) is 8.95. The minimum atomic E-state index is -5.99. The van der Waals surface area contributed by atoms with Crippen molar-refractivity contribution in [3.8, 4) is 29.9 Å². The molecule has 0 unspecified atom stereocenters. The summed E-state index contributed by atoms with van der Waals surface area (Å²) in [6.45, 7) is 24.3. The molecule has 0 atom stereocenters. The van der Waals surface area contributed by atoms with Gasteiger partial charge >= 0.3 is 51.7 Å². The number of amides is 2. The first-order valence-electron chi connectivity index (χ1n) is 22.6. The Morgan fingerprint density at radius 3 is 1.22 bits per heavy atom. The molecule has 2 fully saturated rings. The Morgan fingerprint density at radius 2 is 0.917 bits per heavy atom. The van der Waals surface area contributed by atoms with E-state index in [1.807, 2.05) is 41.5 Å². The number of pyridine rings is 2. The van der Waals surface area contributed by atoms with Crippen LogP contribution in [0.2, 0.25) is 0 Å². The van der Waals surface area contributed by atoms with Gasteiger partial charge in [-0.05, 0) is 81.4 Å². The van der Waals surface area contributed by atoms with Crippen LogP contribution >= 0.6 is 0 Å². The number of ether oxygens (including phenoxy) is 6. The smallest absolute Gasteiger partial charge is 0.461 e. The van der Waals surface area contributed by atoms with E-state index >= 15 is 0 Å². The van der Waals surface area contributed by atoms with Crippen molar-refractivity contribution in [1.29, 1.82) is 0 Å². The Bertz CT molecular complexity index is 2340. The van der Waals surface area contributed by atoms with Gasteiger partial charge in [0.2, 0.25) is 0 Å². The van der Waals surface area contributed by atoms with E-state index in [0.717, 1.165) is 13.1 Å². The zero-order valence-corrected chi connectivity index (χ0v) is 43.0. The van der Waals surface area contributed by atoms with Crippen LogP contribution in [0, 0.1) is 24.2 Å². The Kier molecular flexibility index (Phi) is 24.2. The zero-order valence-electron chi connectivity index (χ0n) is 42.1. The molecule has 0 N–H and O–H groups in total. The second-order valence-corrected chi connectivity index (χ2v) is 18.6. The Balaban J connectivity index is 0.000000392. The predicted octanol–water partition coefficient (Wildman–Crippen LogP) is 5.17. The quantitative estimate of drug-likeness (QED) is 0.0875. The fraction of sp³-hybridized carbons (Fsp3) is 0.574. The normalized spacial score (nSPS) is 14.2. The van der Waals surface area contributed by atoms with E-state index in [1.54, 1.807) is 23.6 Å². The summed E-state index contributed by atoms with van der Waals surface area (Å²) in [5.74, 6) is 4.29. The largest absolute Gasteiger partial charge is 0.534 e. The first kappa shape index (κ1) is 61.4. The standard InChI is InChI=1S/C23H31N3O6.C12H12F3NO7S.C12H20N2O2/c1-6-30-20(27)18-15-17(16-19(24-18)21(28)31-7-2)9-8-10-25-11-13-26(14-12-25)22(29)32-23(3,4)5;1-3-21-10(17)8-5-7(23-24(19,20)12(13,14)15)6-9(16-8)11(18)22-4-2;1-5-6-13-7-9-14(10-8-13)11(15)16-12(2,3)4/h15-16H,6-7,10-14H2,1-5H3;5-6H,3-4H2,1-2H3;1H,6-10H2,2-4H3. The van der Waals surface area contributed by atoms with Crippen LogP contribution in [-0.2, 0) is 38.5 Å². The summed E-state index contributed by atoms with van der Waals surface area (Å²) < 4.78 is 92.9. The van der Waals surface area contributed by atoms with Gasteiger partial charge in [0.15, 0.2) is 22.8 Å². The molecule has 2 saturated heterocycles. The van der Waals surface area contributed by atoms with Crippen LogP contribution in [0.25, 0.3) is 0 Å². The van der Waals surface area contributed by atoms with E-state index in [0.29, 0.717) is 70.1 Å². The number of carbonyl (C=O) groups excluding carboxylic acids is 6. The highest BCUT2D eigenvalue weighted by molar-refractivity contribution is 7.88. The zero-order chi connectivity index (χ0) is 54.5. The van der Waals surface area contributed by atoms with Crippen molar-refractivity contribution in [1.82, 2.24) is 29.6 Å². The molecule has 0 aromatic carbocycles. The van der Waals surface area contributed by atoms with Crippen molar-refractivity contribution in [2.45, 2.75) is 85.9 Å². The van der Waals surface area contributed by atoms with Gasteiger partial charge in [0.25, 0.3) is 0 Å². The number of esters is 4. The van der Waals surface area contributed by atoms with E-state index in [2.05, 4.69) is 51.2 Å². The molecule has 21 nitrogen and oxygen atoms in total. The van der Waals surface area contributed by atoms with Crippen LogP contribution in [0.5, 0.6) is 5.75 Å². The van der Waals surface area contributed by atoms with Crippen molar-refractivity contribution in [3.05, 3.63) is 52.6 Å². The number of hydrogen-bond acceptors (Lipinski definition) is 19. The first-order valence-corrected chi connectivity index (χ1v) is 24.0. The van der Waals surface area contributed by atoms with Gasteiger partial charge in [-0.25, -0.2) is 38.7 Å². The van der Waals surface area contributed by atoms with Crippen LogP contribution in [-0.4, -0.2) is 183 Å². The summed E-state index contributed by atoms with van der Waals surface area (Å²) in [4.78, 5) is 86.6. The van der Waals surface area contributed by atoms with Crippen LogP contribution < -0.4 is 4.18 Å². The highest BCUT2D eigenvalue weighted by Crippen LogP contribution is 2.28. The van der Waals surface area contributed by atoms with Crippen molar-refractivity contribution >= 4 is 46.2 Å². The van der Waals surface area contributed by atoms with E-state index in [4.69, 9.17) is 25.4 Å². The average Bonchev–Trinajstić information content (AvgIpc) is 3.28. The molecule has 2 aromatic heterocycles. The first-order chi connectivity index (χ1) is 33.6. The molecule has 2 aliphatic rings. The van der Waals surface area contributed by atoms with Gasteiger partial charge in [-0.15, -0.1) is 6.42 Å². The highest BCUT2D eigenvalue weighted by Gasteiger charge is 2.48. The van der Waals surface area contributed by atoms with Gasteiger partial charge < -0.3 is 42.4 Å². The molecule has 4 rings (SSSR count).